The van der Waals surface area contributed by atoms with Gasteiger partial charge in [-0.3, -0.25) is 4.90 Å². The molecule has 1 aromatic carbocycles. The lowest BCUT2D eigenvalue weighted by atomic mass is 10.1. The molecule has 3 rings (SSSR count). The number of fused-ring (bicyclic) bond motifs is 1. The number of hydrogen-bond acceptors (Lipinski definition) is 4. The van der Waals surface area contributed by atoms with Crippen LogP contribution in [0.25, 0.3) is 0 Å². The van der Waals surface area contributed by atoms with Crippen molar-refractivity contribution >= 4 is 11.7 Å². The van der Waals surface area contributed by atoms with Gasteiger partial charge in [0.25, 0.3) is 0 Å². The van der Waals surface area contributed by atoms with Gasteiger partial charge in [0.1, 0.15) is 6.17 Å². The minimum absolute atomic E-state index is 0.102. The second-order valence-corrected chi connectivity index (χ2v) is 6.03. The van der Waals surface area contributed by atoms with Gasteiger partial charge in [-0.2, -0.15) is 0 Å². The van der Waals surface area contributed by atoms with Crippen molar-refractivity contribution in [3.05, 3.63) is 53.4 Å². The van der Waals surface area contributed by atoms with Crippen molar-refractivity contribution in [1.82, 2.24) is 16.0 Å². The largest absolute Gasteiger partial charge is 0.365 e. The van der Waals surface area contributed by atoms with E-state index in [0.717, 1.165) is 42.9 Å². The van der Waals surface area contributed by atoms with Gasteiger partial charge in [-0.15, -0.1) is 0 Å². The van der Waals surface area contributed by atoms with E-state index in [1.165, 1.54) is 5.56 Å². The normalized spacial score (nSPS) is 19.3. The van der Waals surface area contributed by atoms with Gasteiger partial charge >= 0.3 is 6.03 Å². The molecule has 1 unspecified atom stereocenters. The second kappa shape index (κ2) is 7.51. The van der Waals surface area contributed by atoms with Gasteiger partial charge in [0.15, 0.2) is 0 Å². The molecule has 6 heteroatoms. The molecule has 128 valence electrons. The number of amides is 2. The molecule has 24 heavy (non-hydrogen) atoms. The molecule has 0 spiro atoms. The molecular weight excluding hydrogens is 302 g/mol. The van der Waals surface area contributed by atoms with Crippen molar-refractivity contribution < 1.29 is 4.79 Å². The van der Waals surface area contributed by atoms with Gasteiger partial charge in [-0.1, -0.05) is 19.1 Å². The number of urea groups is 1. The van der Waals surface area contributed by atoms with Gasteiger partial charge < -0.3 is 21.7 Å². The highest BCUT2D eigenvalue weighted by Gasteiger charge is 2.30. The fraction of sp³-hybridized carbons (Fsp3) is 0.389. The minimum atomic E-state index is -0.115. The Labute approximate surface area is 142 Å². The molecule has 2 amide bonds. The third-order valence-corrected chi connectivity index (χ3v) is 4.25. The lowest BCUT2D eigenvalue weighted by Gasteiger charge is -2.29. The highest BCUT2D eigenvalue weighted by molar-refractivity contribution is 5.96. The molecular formula is C18H25N5O. The quantitative estimate of drug-likeness (QED) is 0.575. The molecule has 0 radical (unpaired) electrons. The third kappa shape index (κ3) is 3.60. The van der Waals surface area contributed by atoms with E-state index in [0.29, 0.717) is 6.54 Å². The van der Waals surface area contributed by atoms with Crippen molar-refractivity contribution in [1.29, 1.82) is 0 Å². The molecule has 2 aliphatic heterocycles. The Kier molecular flexibility index (Phi) is 5.17. The Hall–Kier alpha value is -2.31. The average molecular weight is 327 g/mol. The molecule has 2 heterocycles. The predicted molar refractivity (Wildman–Crippen MR) is 96.2 cm³/mol. The fourth-order valence-electron chi connectivity index (χ4n) is 2.86. The highest BCUT2D eigenvalue weighted by Crippen LogP contribution is 2.25. The summed E-state index contributed by atoms with van der Waals surface area (Å²) in [7, 11) is 0. The summed E-state index contributed by atoms with van der Waals surface area (Å²) < 4.78 is 0. The molecule has 0 saturated heterocycles. The first-order valence-corrected chi connectivity index (χ1v) is 8.49. The van der Waals surface area contributed by atoms with Crippen molar-refractivity contribution in [3.63, 3.8) is 0 Å². The summed E-state index contributed by atoms with van der Waals surface area (Å²) in [5.41, 5.74) is 9.76. The van der Waals surface area contributed by atoms with E-state index in [-0.39, 0.29) is 12.2 Å². The van der Waals surface area contributed by atoms with Crippen LogP contribution in [0.1, 0.15) is 25.3 Å². The maximum Gasteiger partial charge on any atom is 0.327 e. The van der Waals surface area contributed by atoms with Crippen molar-refractivity contribution in [2.45, 2.75) is 32.5 Å². The van der Waals surface area contributed by atoms with Gasteiger partial charge in [-0.05, 0) is 49.7 Å². The molecule has 5 N–H and O–H groups in total. The van der Waals surface area contributed by atoms with Crippen molar-refractivity contribution in [2.24, 2.45) is 5.73 Å². The number of nitrogens with one attached hydrogen (secondary N) is 3. The van der Waals surface area contributed by atoms with Crippen LogP contribution in [0.4, 0.5) is 10.5 Å². The summed E-state index contributed by atoms with van der Waals surface area (Å²) in [4.78, 5) is 14.0. The summed E-state index contributed by atoms with van der Waals surface area (Å²) in [6.07, 6.45) is 5.81. The van der Waals surface area contributed by atoms with E-state index in [4.69, 9.17) is 5.73 Å². The standard InChI is InChI=1S/C18H25N5O/c1-2-15-10-14-12-23(18(24)22-17(14)21-15)16-6-4-13(5-7-16)11-20-9-3-8-19/h4-7,10,12,17,20-21H,2-3,8-9,11,19H2,1H3,(H,22,24). The number of allylic oxidation sites excluding steroid dienone is 1. The zero-order valence-electron chi connectivity index (χ0n) is 14.0. The van der Waals surface area contributed by atoms with Crippen LogP contribution in [0.3, 0.4) is 0 Å². The van der Waals surface area contributed by atoms with Crippen LogP contribution in [-0.2, 0) is 6.54 Å². The summed E-state index contributed by atoms with van der Waals surface area (Å²) in [5.74, 6) is 0. The molecule has 1 atom stereocenters. The second-order valence-electron chi connectivity index (χ2n) is 6.03. The molecule has 0 aliphatic carbocycles. The van der Waals surface area contributed by atoms with Gasteiger partial charge in [0.05, 0.1) is 5.69 Å². The topological polar surface area (TPSA) is 82.4 Å². The van der Waals surface area contributed by atoms with E-state index in [2.05, 4.69) is 29.0 Å². The zero-order chi connectivity index (χ0) is 16.9. The van der Waals surface area contributed by atoms with Crippen LogP contribution in [0.5, 0.6) is 0 Å². The Morgan fingerprint density at radius 2 is 2.04 bits per heavy atom. The Morgan fingerprint density at radius 1 is 1.25 bits per heavy atom. The molecule has 2 aliphatic rings. The number of rotatable bonds is 7. The SMILES string of the molecule is CCC1=CC2=CN(c3ccc(CNCCCN)cc3)C(=O)NC2N1. The van der Waals surface area contributed by atoms with Crippen LogP contribution >= 0.6 is 0 Å². The molecule has 0 saturated carbocycles. The number of hydrogen-bond donors (Lipinski definition) is 4. The van der Waals surface area contributed by atoms with Crippen LogP contribution in [-0.4, -0.2) is 25.3 Å². The van der Waals surface area contributed by atoms with Crippen LogP contribution < -0.4 is 26.6 Å². The Bertz CT molecular complexity index is 650. The number of anilines is 1. The molecule has 0 fully saturated rings. The van der Waals surface area contributed by atoms with E-state index in [1.807, 2.05) is 30.5 Å². The number of carbonyl (C=O) groups is 1. The highest BCUT2D eigenvalue weighted by atomic mass is 16.2. The summed E-state index contributed by atoms with van der Waals surface area (Å²) in [6.45, 7) is 4.52. The van der Waals surface area contributed by atoms with Crippen LogP contribution in [0.15, 0.2) is 47.8 Å². The Balaban J connectivity index is 1.68. The number of nitrogens with zero attached hydrogens (tertiary/aromatic N) is 1. The average Bonchev–Trinajstić information content (AvgIpc) is 3.00. The molecule has 1 aromatic rings. The maximum atomic E-state index is 12.3. The van der Waals surface area contributed by atoms with Crippen molar-refractivity contribution in [2.75, 3.05) is 18.0 Å². The van der Waals surface area contributed by atoms with Gasteiger partial charge in [-0.25, -0.2) is 4.79 Å². The molecule has 0 bridgehead atoms. The van der Waals surface area contributed by atoms with Crippen LogP contribution in [0.2, 0.25) is 0 Å². The van der Waals surface area contributed by atoms with Gasteiger partial charge in [0.2, 0.25) is 0 Å². The van der Waals surface area contributed by atoms with E-state index in [1.54, 1.807) is 4.90 Å². The first-order valence-electron chi connectivity index (χ1n) is 8.49. The minimum Gasteiger partial charge on any atom is -0.365 e. The van der Waals surface area contributed by atoms with Gasteiger partial charge in [0, 0.05) is 24.0 Å². The maximum absolute atomic E-state index is 12.3. The zero-order valence-corrected chi connectivity index (χ0v) is 14.0. The van der Waals surface area contributed by atoms with E-state index >= 15 is 0 Å². The third-order valence-electron chi connectivity index (χ3n) is 4.25. The monoisotopic (exact) mass is 327 g/mol. The lowest BCUT2D eigenvalue weighted by Crippen LogP contribution is -2.51. The van der Waals surface area contributed by atoms with E-state index < -0.39 is 0 Å². The smallest absolute Gasteiger partial charge is 0.327 e. The Morgan fingerprint density at radius 3 is 2.75 bits per heavy atom. The summed E-state index contributed by atoms with van der Waals surface area (Å²) in [6, 6.07) is 7.93. The summed E-state index contributed by atoms with van der Waals surface area (Å²) >= 11 is 0. The summed E-state index contributed by atoms with van der Waals surface area (Å²) in [5, 5.41) is 9.64. The molecule has 6 nitrogen and oxygen atoms in total. The first-order chi connectivity index (χ1) is 11.7. The lowest BCUT2D eigenvalue weighted by molar-refractivity contribution is 0.243. The van der Waals surface area contributed by atoms with Crippen LogP contribution in [0, 0.1) is 0 Å². The number of benzene rings is 1. The fourth-order valence-corrected chi connectivity index (χ4v) is 2.86. The number of carbonyl (C=O) groups excluding carboxylic acids is 1. The van der Waals surface area contributed by atoms with E-state index in [9.17, 15) is 4.79 Å². The predicted octanol–water partition coefficient (Wildman–Crippen LogP) is 1.76. The van der Waals surface area contributed by atoms with Crippen molar-refractivity contribution in [3.8, 4) is 0 Å². The molecule has 0 aromatic heterocycles. The number of nitrogens with two attached hydrogens (primary N) is 1. The first kappa shape index (κ1) is 16.5.